The summed E-state index contributed by atoms with van der Waals surface area (Å²) in [6, 6.07) is 2.19. The fraction of sp³-hybridized carbons (Fsp3) is 0.500. The molecule has 0 aromatic carbocycles. The first kappa shape index (κ1) is 11.1. The number of imidazole rings is 1. The summed E-state index contributed by atoms with van der Waals surface area (Å²) in [7, 11) is 2.03. The van der Waals surface area contributed by atoms with E-state index in [0.29, 0.717) is 0 Å². The molecule has 86 valence electrons. The van der Waals surface area contributed by atoms with Crippen molar-refractivity contribution in [3.63, 3.8) is 0 Å². The maximum Gasteiger partial charge on any atom is 0.111 e. The number of fused-ring (bicyclic) bond motifs is 1. The number of pyridine rings is 1. The van der Waals surface area contributed by atoms with E-state index in [1.54, 1.807) is 12.4 Å². The van der Waals surface area contributed by atoms with Crippen LogP contribution in [-0.4, -0.2) is 20.6 Å². The minimum atomic E-state index is 0.202. The minimum absolute atomic E-state index is 0.202. The van der Waals surface area contributed by atoms with Crippen molar-refractivity contribution in [3.8, 4) is 0 Å². The second-order valence-corrected chi connectivity index (χ2v) is 4.20. The molecule has 2 rings (SSSR count). The number of aryl methyl sites for hydroxylation is 1. The van der Waals surface area contributed by atoms with Crippen molar-refractivity contribution >= 4 is 11.0 Å². The van der Waals surface area contributed by atoms with Crippen LogP contribution < -0.4 is 5.73 Å². The van der Waals surface area contributed by atoms with Crippen molar-refractivity contribution in [3.05, 3.63) is 24.3 Å². The highest BCUT2D eigenvalue weighted by molar-refractivity contribution is 5.74. The highest BCUT2D eigenvalue weighted by Gasteiger charge is 2.10. The van der Waals surface area contributed by atoms with Gasteiger partial charge < -0.3 is 10.3 Å². The van der Waals surface area contributed by atoms with Crippen molar-refractivity contribution in [1.29, 1.82) is 0 Å². The van der Waals surface area contributed by atoms with Gasteiger partial charge >= 0.3 is 0 Å². The Morgan fingerprint density at radius 2 is 2.31 bits per heavy atom. The summed E-state index contributed by atoms with van der Waals surface area (Å²) in [5.41, 5.74) is 8.11. The first-order valence-corrected chi connectivity index (χ1v) is 5.73. The van der Waals surface area contributed by atoms with Crippen molar-refractivity contribution < 1.29 is 0 Å². The first-order chi connectivity index (χ1) is 7.72. The summed E-state index contributed by atoms with van der Waals surface area (Å²) in [6.45, 7) is 2.15. The van der Waals surface area contributed by atoms with Gasteiger partial charge in [-0.3, -0.25) is 4.98 Å². The number of hydrogen-bond donors (Lipinski definition) is 1. The highest BCUT2D eigenvalue weighted by atomic mass is 15.1. The van der Waals surface area contributed by atoms with Crippen LogP contribution in [0.25, 0.3) is 11.0 Å². The Hall–Kier alpha value is -1.42. The molecule has 1 atom stereocenters. The summed E-state index contributed by atoms with van der Waals surface area (Å²) in [5, 5.41) is 0. The van der Waals surface area contributed by atoms with E-state index in [9.17, 15) is 0 Å². The third-order valence-electron chi connectivity index (χ3n) is 2.88. The van der Waals surface area contributed by atoms with Crippen molar-refractivity contribution in [2.24, 2.45) is 12.8 Å². The fourth-order valence-corrected chi connectivity index (χ4v) is 1.99. The van der Waals surface area contributed by atoms with Gasteiger partial charge in [-0.05, 0) is 12.5 Å². The Labute approximate surface area is 95.5 Å². The molecular weight excluding hydrogens is 200 g/mol. The monoisotopic (exact) mass is 218 g/mol. The number of rotatable bonds is 4. The maximum atomic E-state index is 6.04. The van der Waals surface area contributed by atoms with Crippen LogP contribution in [0.1, 0.15) is 25.6 Å². The lowest BCUT2D eigenvalue weighted by molar-refractivity contribution is 0.576. The Morgan fingerprint density at radius 1 is 1.50 bits per heavy atom. The van der Waals surface area contributed by atoms with Crippen LogP contribution in [0.4, 0.5) is 0 Å². The van der Waals surface area contributed by atoms with Crippen LogP contribution in [0.15, 0.2) is 18.5 Å². The van der Waals surface area contributed by atoms with Crippen LogP contribution in [0.3, 0.4) is 0 Å². The van der Waals surface area contributed by atoms with E-state index in [0.717, 1.165) is 36.1 Å². The Balaban J connectivity index is 2.27. The Kier molecular flexibility index (Phi) is 3.19. The quantitative estimate of drug-likeness (QED) is 0.848. The topological polar surface area (TPSA) is 56.7 Å². The summed E-state index contributed by atoms with van der Waals surface area (Å²) >= 11 is 0. The van der Waals surface area contributed by atoms with E-state index >= 15 is 0 Å². The summed E-state index contributed by atoms with van der Waals surface area (Å²) in [5.74, 6) is 1.05. The van der Waals surface area contributed by atoms with E-state index in [2.05, 4.69) is 21.5 Å². The fourth-order valence-electron chi connectivity index (χ4n) is 1.99. The smallest absolute Gasteiger partial charge is 0.111 e. The number of aromatic nitrogens is 3. The van der Waals surface area contributed by atoms with Crippen LogP contribution >= 0.6 is 0 Å². The molecule has 2 aromatic rings. The van der Waals surface area contributed by atoms with Crippen molar-refractivity contribution in [2.45, 2.75) is 32.2 Å². The van der Waals surface area contributed by atoms with Crippen molar-refractivity contribution in [1.82, 2.24) is 14.5 Å². The number of hydrogen-bond acceptors (Lipinski definition) is 3. The zero-order valence-corrected chi connectivity index (χ0v) is 9.85. The molecule has 2 heterocycles. The molecule has 2 aromatic heterocycles. The molecule has 4 nitrogen and oxygen atoms in total. The lowest BCUT2D eigenvalue weighted by atomic mass is 10.1. The van der Waals surface area contributed by atoms with Gasteiger partial charge in [0.1, 0.15) is 11.3 Å². The minimum Gasteiger partial charge on any atom is -0.331 e. The molecule has 16 heavy (non-hydrogen) atoms. The summed E-state index contributed by atoms with van der Waals surface area (Å²) in [6.07, 6.45) is 6.58. The van der Waals surface area contributed by atoms with E-state index < -0.39 is 0 Å². The van der Waals surface area contributed by atoms with E-state index in [4.69, 9.17) is 5.73 Å². The van der Waals surface area contributed by atoms with Gasteiger partial charge in [-0.1, -0.05) is 13.3 Å². The lowest BCUT2D eigenvalue weighted by Gasteiger charge is -2.09. The van der Waals surface area contributed by atoms with Gasteiger partial charge in [-0.25, -0.2) is 4.98 Å². The average Bonchev–Trinajstić information content (AvgIpc) is 2.57. The van der Waals surface area contributed by atoms with Gasteiger partial charge in [-0.2, -0.15) is 0 Å². The SMILES string of the molecule is CCCC(N)Cc1nc2cnccc2n1C. The van der Waals surface area contributed by atoms with Gasteiger partial charge in [0.05, 0.1) is 11.7 Å². The molecule has 0 bridgehead atoms. The number of nitrogens with two attached hydrogens (primary N) is 1. The molecule has 0 aliphatic heterocycles. The van der Waals surface area contributed by atoms with Crippen LogP contribution in [0, 0.1) is 0 Å². The lowest BCUT2D eigenvalue weighted by Crippen LogP contribution is -2.23. The van der Waals surface area contributed by atoms with Gasteiger partial charge in [0, 0.05) is 25.7 Å². The average molecular weight is 218 g/mol. The Morgan fingerprint density at radius 3 is 3.00 bits per heavy atom. The highest BCUT2D eigenvalue weighted by Crippen LogP contribution is 2.14. The molecule has 0 aliphatic carbocycles. The van der Waals surface area contributed by atoms with E-state index in [1.807, 2.05) is 13.1 Å². The third-order valence-corrected chi connectivity index (χ3v) is 2.88. The molecule has 0 fully saturated rings. The molecule has 0 aliphatic rings. The second kappa shape index (κ2) is 4.61. The summed E-state index contributed by atoms with van der Waals surface area (Å²) < 4.78 is 2.10. The molecule has 0 radical (unpaired) electrons. The second-order valence-electron chi connectivity index (χ2n) is 4.20. The molecule has 0 saturated carbocycles. The molecule has 0 saturated heterocycles. The largest absolute Gasteiger partial charge is 0.331 e. The van der Waals surface area contributed by atoms with E-state index in [-0.39, 0.29) is 6.04 Å². The van der Waals surface area contributed by atoms with Gasteiger partial charge in [0.25, 0.3) is 0 Å². The molecular formula is C12H18N4. The predicted molar refractivity (Wildman–Crippen MR) is 65.1 cm³/mol. The van der Waals surface area contributed by atoms with Crippen LogP contribution in [0.5, 0.6) is 0 Å². The normalized spacial score (nSPS) is 13.2. The van der Waals surface area contributed by atoms with Crippen molar-refractivity contribution in [2.75, 3.05) is 0 Å². The standard InChI is InChI=1S/C12H18N4/c1-3-4-9(13)7-12-15-10-8-14-6-5-11(10)16(12)2/h5-6,8-9H,3-4,7,13H2,1-2H3. The van der Waals surface area contributed by atoms with Gasteiger partial charge in [-0.15, -0.1) is 0 Å². The van der Waals surface area contributed by atoms with Gasteiger partial charge in [0.2, 0.25) is 0 Å². The van der Waals surface area contributed by atoms with Crippen LogP contribution in [-0.2, 0) is 13.5 Å². The zero-order chi connectivity index (χ0) is 11.5. The Bertz CT molecular complexity index is 475. The predicted octanol–water partition coefficient (Wildman–Crippen LogP) is 1.64. The zero-order valence-electron chi connectivity index (χ0n) is 9.85. The third kappa shape index (κ3) is 2.07. The molecule has 0 spiro atoms. The first-order valence-electron chi connectivity index (χ1n) is 5.73. The van der Waals surface area contributed by atoms with E-state index in [1.165, 1.54) is 0 Å². The maximum absolute atomic E-state index is 6.04. The summed E-state index contributed by atoms with van der Waals surface area (Å²) in [4.78, 5) is 8.63. The molecule has 4 heteroatoms. The molecule has 2 N–H and O–H groups in total. The van der Waals surface area contributed by atoms with Crippen LogP contribution in [0.2, 0.25) is 0 Å². The molecule has 0 amide bonds. The number of nitrogens with zero attached hydrogens (tertiary/aromatic N) is 3. The van der Waals surface area contributed by atoms with Gasteiger partial charge in [0.15, 0.2) is 0 Å². The molecule has 1 unspecified atom stereocenters.